The topological polar surface area (TPSA) is 77.2 Å². The van der Waals surface area contributed by atoms with Gasteiger partial charge in [0.2, 0.25) is 0 Å². The van der Waals surface area contributed by atoms with Crippen LogP contribution in [0.15, 0.2) is 18.3 Å². The van der Waals surface area contributed by atoms with Crippen LogP contribution in [0.4, 0.5) is 5.82 Å². The second-order valence-corrected chi connectivity index (χ2v) is 4.94. The quantitative estimate of drug-likeness (QED) is 0.898. The predicted octanol–water partition coefficient (Wildman–Crippen LogP) is 2.03. The Labute approximate surface area is 112 Å². The van der Waals surface area contributed by atoms with Crippen molar-refractivity contribution in [2.75, 3.05) is 18.0 Å². The number of carboxylic acid groups (broad SMARTS) is 1. The van der Waals surface area contributed by atoms with Crippen LogP contribution in [-0.2, 0) is 4.79 Å². The third-order valence-electron chi connectivity index (χ3n) is 4.05. The van der Waals surface area contributed by atoms with Crippen LogP contribution in [0.2, 0.25) is 0 Å². The summed E-state index contributed by atoms with van der Waals surface area (Å²) in [4.78, 5) is 17.7. The number of pyridine rings is 1. The summed E-state index contributed by atoms with van der Waals surface area (Å²) < 4.78 is 0. The molecular weight excluding hydrogens is 242 g/mol. The normalized spacial score (nSPS) is 17.8. The zero-order chi connectivity index (χ0) is 13.9. The van der Waals surface area contributed by atoms with Gasteiger partial charge in [0.05, 0.1) is 17.0 Å². The molecule has 1 aliphatic heterocycles. The minimum absolute atomic E-state index is 0.579. The summed E-state index contributed by atoms with van der Waals surface area (Å²) in [6.07, 6.45) is 3.52. The summed E-state index contributed by atoms with van der Waals surface area (Å²) in [5, 5.41) is 18.2. The molecule has 0 amide bonds. The van der Waals surface area contributed by atoms with Gasteiger partial charge in [-0.1, -0.05) is 6.92 Å². The van der Waals surface area contributed by atoms with Crippen LogP contribution in [0.3, 0.4) is 0 Å². The molecule has 5 nitrogen and oxygen atoms in total. The maximum atomic E-state index is 11.4. The monoisotopic (exact) mass is 259 g/mol. The fourth-order valence-corrected chi connectivity index (χ4v) is 2.54. The molecule has 1 N–H and O–H groups in total. The van der Waals surface area contributed by atoms with E-state index in [-0.39, 0.29) is 0 Å². The Balaban J connectivity index is 2.11. The minimum Gasteiger partial charge on any atom is -0.481 e. The van der Waals surface area contributed by atoms with E-state index in [2.05, 4.69) is 16.0 Å². The second kappa shape index (κ2) is 5.27. The van der Waals surface area contributed by atoms with E-state index < -0.39 is 11.4 Å². The number of nitrogens with zero attached hydrogens (tertiary/aromatic N) is 3. The molecule has 0 bridgehead atoms. The Morgan fingerprint density at radius 1 is 1.58 bits per heavy atom. The third-order valence-corrected chi connectivity index (χ3v) is 4.05. The van der Waals surface area contributed by atoms with Gasteiger partial charge in [-0.05, 0) is 31.4 Å². The number of nitriles is 1. The van der Waals surface area contributed by atoms with Crippen LogP contribution >= 0.6 is 0 Å². The van der Waals surface area contributed by atoms with E-state index in [0.29, 0.717) is 37.9 Å². The molecular formula is C14H17N3O2. The van der Waals surface area contributed by atoms with Crippen LogP contribution in [0.5, 0.6) is 0 Å². The van der Waals surface area contributed by atoms with Crippen LogP contribution in [0.1, 0.15) is 31.7 Å². The summed E-state index contributed by atoms with van der Waals surface area (Å²) in [7, 11) is 0. The van der Waals surface area contributed by atoms with Crippen LogP contribution in [-0.4, -0.2) is 29.1 Å². The Morgan fingerprint density at radius 2 is 2.26 bits per heavy atom. The molecule has 0 unspecified atom stereocenters. The van der Waals surface area contributed by atoms with Crippen molar-refractivity contribution in [2.24, 2.45) is 5.41 Å². The van der Waals surface area contributed by atoms with Crippen LogP contribution in [0.25, 0.3) is 0 Å². The van der Waals surface area contributed by atoms with Gasteiger partial charge in [-0.15, -0.1) is 0 Å². The van der Waals surface area contributed by atoms with E-state index in [1.165, 1.54) is 0 Å². The maximum absolute atomic E-state index is 11.4. The van der Waals surface area contributed by atoms with Crippen molar-refractivity contribution in [2.45, 2.75) is 26.2 Å². The van der Waals surface area contributed by atoms with Crippen molar-refractivity contribution in [3.8, 4) is 6.07 Å². The van der Waals surface area contributed by atoms with Crippen LogP contribution in [0, 0.1) is 16.7 Å². The van der Waals surface area contributed by atoms with E-state index in [9.17, 15) is 9.90 Å². The summed E-state index contributed by atoms with van der Waals surface area (Å²) in [6, 6.07) is 5.51. The molecule has 0 spiro atoms. The summed E-state index contributed by atoms with van der Waals surface area (Å²) in [5.41, 5.74) is -0.0147. The molecule has 0 saturated carbocycles. The lowest BCUT2D eigenvalue weighted by atomic mass is 9.76. The highest BCUT2D eigenvalue weighted by Gasteiger charge is 2.40. The number of anilines is 1. The summed E-state index contributed by atoms with van der Waals surface area (Å²) >= 11 is 0. The largest absolute Gasteiger partial charge is 0.481 e. The lowest BCUT2D eigenvalue weighted by Gasteiger charge is -2.38. The molecule has 0 aliphatic carbocycles. The highest BCUT2D eigenvalue weighted by atomic mass is 16.4. The molecule has 1 saturated heterocycles. The molecule has 0 atom stereocenters. The molecule has 0 radical (unpaired) electrons. The molecule has 2 rings (SSSR count). The molecule has 1 aromatic heterocycles. The Kier molecular flexibility index (Phi) is 3.70. The molecule has 1 fully saturated rings. The highest BCUT2D eigenvalue weighted by molar-refractivity contribution is 5.75. The molecule has 1 aliphatic rings. The van der Waals surface area contributed by atoms with Gasteiger partial charge in [-0.2, -0.15) is 5.26 Å². The first kappa shape index (κ1) is 13.3. The predicted molar refractivity (Wildman–Crippen MR) is 70.8 cm³/mol. The van der Waals surface area contributed by atoms with Crippen LogP contribution < -0.4 is 4.90 Å². The van der Waals surface area contributed by atoms with Gasteiger partial charge in [0.1, 0.15) is 5.82 Å². The number of piperidine rings is 1. The van der Waals surface area contributed by atoms with E-state index >= 15 is 0 Å². The number of aromatic nitrogens is 1. The number of carbonyl (C=O) groups is 1. The van der Waals surface area contributed by atoms with E-state index in [1.54, 1.807) is 18.3 Å². The van der Waals surface area contributed by atoms with Gasteiger partial charge in [-0.3, -0.25) is 4.79 Å². The Hall–Kier alpha value is -2.09. The van der Waals surface area contributed by atoms with Crippen molar-refractivity contribution in [3.05, 3.63) is 23.9 Å². The molecule has 5 heteroatoms. The number of hydrogen-bond donors (Lipinski definition) is 1. The second-order valence-electron chi connectivity index (χ2n) is 4.94. The minimum atomic E-state index is -0.701. The van der Waals surface area contributed by atoms with Crippen molar-refractivity contribution in [3.63, 3.8) is 0 Å². The first-order valence-electron chi connectivity index (χ1n) is 6.46. The van der Waals surface area contributed by atoms with E-state index in [0.717, 1.165) is 5.82 Å². The highest BCUT2D eigenvalue weighted by Crippen LogP contribution is 2.36. The van der Waals surface area contributed by atoms with Crippen molar-refractivity contribution in [1.29, 1.82) is 5.26 Å². The average Bonchev–Trinajstić information content (AvgIpc) is 2.47. The summed E-state index contributed by atoms with van der Waals surface area (Å²) in [6.45, 7) is 3.27. The Morgan fingerprint density at radius 3 is 2.79 bits per heavy atom. The average molecular weight is 259 g/mol. The molecule has 1 aromatic rings. The maximum Gasteiger partial charge on any atom is 0.309 e. The SMILES string of the molecule is CCC1(C(=O)O)CCN(c2cc(C#N)ccn2)CC1. The van der Waals surface area contributed by atoms with Gasteiger partial charge in [0.15, 0.2) is 0 Å². The fraction of sp³-hybridized carbons (Fsp3) is 0.500. The lowest BCUT2D eigenvalue weighted by Crippen LogP contribution is -2.44. The standard InChI is InChI=1S/C14H17N3O2/c1-2-14(13(18)19)4-7-17(8-5-14)12-9-11(10-15)3-6-16-12/h3,6,9H,2,4-5,7-8H2,1H3,(H,18,19). The smallest absolute Gasteiger partial charge is 0.309 e. The van der Waals surface area contributed by atoms with Crippen molar-refractivity contribution >= 4 is 11.8 Å². The zero-order valence-electron chi connectivity index (χ0n) is 11.0. The van der Waals surface area contributed by atoms with Gasteiger partial charge < -0.3 is 10.0 Å². The molecule has 19 heavy (non-hydrogen) atoms. The number of aliphatic carboxylic acids is 1. The lowest BCUT2D eigenvalue weighted by molar-refractivity contribution is -0.150. The van der Waals surface area contributed by atoms with Gasteiger partial charge in [0.25, 0.3) is 0 Å². The van der Waals surface area contributed by atoms with Crippen molar-refractivity contribution in [1.82, 2.24) is 4.98 Å². The van der Waals surface area contributed by atoms with Crippen molar-refractivity contribution < 1.29 is 9.90 Å². The zero-order valence-corrected chi connectivity index (χ0v) is 11.0. The molecule has 100 valence electrons. The first-order valence-corrected chi connectivity index (χ1v) is 6.46. The Bertz CT molecular complexity index is 514. The number of carboxylic acids is 1. The first-order chi connectivity index (χ1) is 9.11. The van der Waals surface area contributed by atoms with E-state index in [1.807, 2.05) is 6.92 Å². The van der Waals surface area contributed by atoms with Gasteiger partial charge in [-0.25, -0.2) is 4.98 Å². The fourth-order valence-electron chi connectivity index (χ4n) is 2.54. The van der Waals surface area contributed by atoms with E-state index in [4.69, 9.17) is 5.26 Å². The van der Waals surface area contributed by atoms with Gasteiger partial charge in [0, 0.05) is 19.3 Å². The van der Waals surface area contributed by atoms with Gasteiger partial charge >= 0.3 is 5.97 Å². The number of hydrogen-bond acceptors (Lipinski definition) is 4. The third kappa shape index (κ3) is 2.53. The summed E-state index contributed by atoms with van der Waals surface area (Å²) in [5.74, 6) is 0.0579. The molecule has 0 aromatic carbocycles. The number of rotatable bonds is 3. The molecule has 2 heterocycles.